The van der Waals surface area contributed by atoms with Gasteiger partial charge in [-0.1, -0.05) is 23.7 Å². The maximum absolute atomic E-state index is 12.4. The van der Waals surface area contributed by atoms with E-state index >= 15 is 0 Å². The van der Waals surface area contributed by atoms with Gasteiger partial charge in [-0.2, -0.15) is 0 Å². The Hall–Kier alpha value is -3.23. The Balaban J connectivity index is 1.57. The van der Waals surface area contributed by atoms with Gasteiger partial charge in [0.1, 0.15) is 18.1 Å². The van der Waals surface area contributed by atoms with E-state index in [0.29, 0.717) is 35.2 Å². The molecule has 3 rings (SSSR count). The lowest BCUT2D eigenvalue weighted by Crippen LogP contribution is -2.30. The van der Waals surface area contributed by atoms with Crippen molar-refractivity contribution in [1.29, 1.82) is 0 Å². The van der Waals surface area contributed by atoms with Crippen LogP contribution in [-0.2, 0) is 16.6 Å². The standard InChI is InChI=1S/C24H25ClN2O5S/c1-31-22-11-13-23(14-12-22)32-16-15-26-24(28)19-5-9-21(10-6-19)27(33(2,29)30)17-18-3-7-20(25)8-4-18/h3-14H,15-17H2,1-2H3,(H,26,28). The van der Waals surface area contributed by atoms with Gasteiger partial charge >= 0.3 is 0 Å². The normalized spacial score (nSPS) is 11.0. The molecule has 33 heavy (non-hydrogen) atoms. The number of hydrogen-bond acceptors (Lipinski definition) is 5. The number of nitrogens with zero attached hydrogens (tertiary/aromatic N) is 1. The number of anilines is 1. The van der Waals surface area contributed by atoms with Crippen molar-refractivity contribution in [2.24, 2.45) is 0 Å². The molecule has 9 heteroatoms. The van der Waals surface area contributed by atoms with Crippen LogP contribution in [0.2, 0.25) is 5.02 Å². The van der Waals surface area contributed by atoms with Gasteiger partial charge in [-0.3, -0.25) is 9.10 Å². The van der Waals surface area contributed by atoms with Crippen LogP contribution >= 0.6 is 11.6 Å². The molecule has 0 aromatic heterocycles. The Morgan fingerprint density at radius 2 is 1.55 bits per heavy atom. The van der Waals surface area contributed by atoms with Gasteiger partial charge in [0.15, 0.2) is 0 Å². The molecule has 0 aliphatic rings. The van der Waals surface area contributed by atoms with Crippen molar-refractivity contribution >= 4 is 33.2 Å². The Morgan fingerprint density at radius 3 is 2.12 bits per heavy atom. The van der Waals surface area contributed by atoms with Gasteiger partial charge in [0, 0.05) is 10.6 Å². The Bertz CT molecular complexity index is 1160. The first-order chi connectivity index (χ1) is 15.8. The number of hydrogen-bond donors (Lipinski definition) is 1. The van der Waals surface area contributed by atoms with Crippen LogP contribution in [0.4, 0.5) is 5.69 Å². The number of methoxy groups -OCH3 is 1. The highest BCUT2D eigenvalue weighted by Gasteiger charge is 2.18. The first-order valence-corrected chi connectivity index (χ1v) is 12.4. The van der Waals surface area contributed by atoms with E-state index in [4.69, 9.17) is 21.1 Å². The summed E-state index contributed by atoms with van der Waals surface area (Å²) in [5, 5.41) is 3.36. The molecule has 3 aromatic carbocycles. The molecule has 174 valence electrons. The van der Waals surface area contributed by atoms with E-state index in [0.717, 1.165) is 17.6 Å². The van der Waals surface area contributed by atoms with E-state index in [-0.39, 0.29) is 12.5 Å². The zero-order valence-electron chi connectivity index (χ0n) is 18.3. The van der Waals surface area contributed by atoms with Crippen LogP contribution in [0.25, 0.3) is 0 Å². The van der Waals surface area contributed by atoms with E-state index < -0.39 is 10.0 Å². The molecule has 7 nitrogen and oxygen atoms in total. The predicted molar refractivity (Wildman–Crippen MR) is 130 cm³/mol. The maximum Gasteiger partial charge on any atom is 0.251 e. The zero-order valence-corrected chi connectivity index (χ0v) is 19.9. The monoisotopic (exact) mass is 488 g/mol. The third-order valence-corrected chi connectivity index (χ3v) is 6.17. The summed E-state index contributed by atoms with van der Waals surface area (Å²) < 4.78 is 36.7. The molecule has 0 atom stereocenters. The van der Waals surface area contributed by atoms with Crippen LogP contribution in [0.3, 0.4) is 0 Å². The van der Waals surface area contributed by atoms with Gasteiger partial charge in [0.25, 0.3) is 5.91 Å². The Morgan fingerprint density at radius 1 is 0.939 bits per heavy atom. The molecule has 0 bridgehead atoms. The molecule has 1 N–H and O–H groups in total. The molecule has 0 saturated carbocycles. The number of halogens is 1. The number of carbonyl (C=O) groups is 1. The van der Waals surface area contributed by atoms with Crippen molar-refractivity contribution in [2.45, 2.75) is 6.54 Å². The minimum atomic E-state index is -3.53. The highest BCUT2D eigenvalue weighted by atomic mass is 35.5. The molecule has 0 fully saturated rings. The molecule has 0 heterocycles. The minimum Gasteiger partial charge on any atom is -0.497 e. The second kappa shape index (κ2) is 11.1. The Labute approximate surface area is 198 Å². The molecule has 1 amide bonds. The summed E-state index contributed by atoms with van der Waals surface area (Å²) in [4.78, 5) is 12.4. The topological polar surface area (TPSA) is 84.9 Å². The summed E-state index contributed by atoms with van der Waals surface area (Å²) in [6.07, 6.45) is 1.15. The number of amides is 1. The van der Waals surface area contributed by atoms with E-state index in [1.807, 2.05) is 0 Å². The van der Waals surface area contributed by atoms with Gasteiger partial charge in [-0.05, 0) is 66.2 Å². The Kier molecular flexibility index (Phi) is 8.19. The van der Waals surface area contributed by atoms with Gasteiger partial charge in [-0.25, -0.2) is 8.42 Å². The highest BCUT2D eigenvalue weighted by Crippen LogP contribution is 2.22. The zero-order chi connectivity index (χ0) is 23.8. The highest BCUT2D eigenvalue weighted by molar-refractivity contribution is 7.92. The average molecular weight is 489 g/mol. The van der Waals surface area contributed by atoms with E-state index in [2.05, 4.69) is 5.32 Å². The molecule has 0 spiro atoms. The van der Waals surface area contributed by atoms with Gasteiger partial charge < -0.3 is 14.8 Å². The van der Waals surface area contributed by atoms with Crippen LogP contribution in [0.15, 0.2) is 72.8 Å². The van der Waals surface area contributed by atoms with Crippen LogP contribution in [-0.4, -0.2) is 40.8 Å². The molecule has 0 saturated heterocycles. The number of rotatable bonds is 10. The largest absolute Gasteiger partial charge is 0.497 e. The minimum absolute atomic E-state index is 0.157. The fourth-order valence-corrected chi connectivity index (χ4v) is 4.06. The molecule has 0 aliphatic heterocycles. The third-order valence-electron chi connectivity index (χ3n) is 4.77. The molecule has 0 aliphatic carbocycles. The molecular formula is C24H25ClN2O5S. The molecule has 0 radical (unpaired) electrons. The van der Waals surface area contributed by atoms with Crippen LogP contribution in [0.1, 0.15) is 15.9 Å². The lowest BCUT2D eigenvalue weighted by atomic mass is 10.2. The summed E-state index contributed by atoms with van der Waals surface area (Å²) in [6, 6.07) is 20.5. The van der Waals surface area contributed by atoms with Crippen LogP contribution in [0, 0.1) is 0 Å². The summed E-state index contributed by atoms with van der Waals surface area (Å²) >= 11 is 5.91. The van der Waals surface area contributed by atoms with E-state index in [1.54, 1.807) is 79.9 Å². The van der Waals surface area contributed by atoms with Crippen LogP contribution in [0.5, 0.6) is 11.5 Å². The second-order valence-electron chi connectivity index (χ2n) is 7.22. The predicted octanol–water partition coefficient (Wildman–Crippen LogP) is 4.12. The lowest BCUT2D eigenvalue weighted by Gasteiger charge is -2.23. The first-order valence-electron chi connectivity index (χ1n) is 10.1. The quantitative estimate of drug-likeness (QED) is 0.434. The molecular weight excluding hydrogens is 464 g/mol. The maximum atomic E-state index is 12.4. The summed E-state index contributed by atoms with van der Waals surface area (Å²) in [7, 11) is -1.94. The molecule has 0 unspecified atom stereocenters. The summed E-state index contributed by atoms with van der Waals surface area (Å²) in [5.74, 6) is 1.14. The van der Waals surface area contributed by atoms with E-state index in [1.165, 1.54) is 4.31 Å². The van der Waals surface area contributed by atoms with Crippen molar-refractivity contribution in [3.63, 3.8) is 0 Å². The first kappa shape index (κ1) is 24.4. The van der Waals surface area contributed by atoms with Crippen molar-refractivity contribution in [2.75, 3.05) is 30.8 Å². The van der Waals surface area contributed by atoms with E-state index in [9.17, 15) is 13.2 Å². The van der Waals surface area contributed by atoms with Crippen molar-refractivity contribution in [3.05, 3.63) is 88.9 Å². The van der Waals surface area contributed by atoms with Crippen LogP contribution < -0.4 is 19.1 Å². The number of carbonyl (C=O) groups excluding carboxylic acids is 1. The van der Waals surface area contributed by atoms with Crippen molar-refractivity contribution in [1.82, 2.24) is 5.32 Å². The van der Waals surface area contributed by atoms with Crippen molar-refractivity contribution < 1.29 is 22.7 Å². The molecule has 3 aromatic rings. The number of sulfonamides is 1. The van der Waals surface area contributed by atoms with Gasteiger partial charge in [-0.15, -0.1) is 0 Å². The van der Waals surface area contributed by atoms with Crippen molar-refractivity contribution in [3.8, 4) is 11.5 Å². The number of ether oxygens (including phenoxy) is 2. The third kappa shape index (κ3) is 7.13. The SMILES string of the molecule is COc1ccc(OCCNC(=O)c2ccc(N(Cc3ccc(Cl)cc3)S(C)(=O)=O)cc2)cc1. The smallest absolute Gasteiger partial charge is 0.251 e. The van der Waals surface area contributed by atoms with Gasteiger partial charge in [0.2, 0.25) is 10.0 Å². The summed E-state index contributed by atoms with van der Waals surface area (Å²) in [5.41, 5.74) is 1.68. The summed E-state index contributed by atoms with van der Waals surface area (Å²) in [6.45, 7) is 0.780. The fourth-order valence-electron chi connectivity index (χ4n) is 3.04. The fraction of sp³-hybridized carbons (Fsp3) is 0.208. The second-order valence-corrected chi connectivity index (χ2v) is 9.57. The average Bonchev–Trinajstić information content (AvgIpc) is 2.81. The number of nitrogens with one attached hydrogen (secondary N) is 1. The lowest BCUT2D eigenvalue weighted by molar-refractivity contribution is 0.0947. The van der Waals surface area contributed by atoms with Gasteiger partial charge in [0.05, 0.1) is 32.1 Å². The number of benzene rings is 3.